The maximum absolute atomic E-state index is 11.7. The number of hydrogen-bond donors (Lipinski definition) is 2. The van der Waals surface area contributed by atoms with Gasteiger partial charge in [0.05, 0.1) is 0 Å². The van der Waals surface area contributed by atoms with Gasteiger partial charge in [-0.1, -0.05) is 6.92 Å². The molecule has 0 amide bonds. The maximum atomic E-state index is 11.7. The molecule has 0 bridgehead atoms. The SMILES string of the molecule is CCN[C@H]1CCC[C@H](Oc2ccc3c(=O)[nH]ccc3c2)C1. The van der Waals surface area contributed by atoms with E-state index in [1.165, 1.54) is 12.8 Å². The summed E-state index contributed by atoms with van der Waals surface area (Å²) in [5.74, 6) is 0.857. The highest BCUT2D eigenvalue weighted by molar-refractivity contribution is 5.82. The zero-order valence-electron chi connectivity index (χ0n) is 12.4. The molecule has 2 N–H and O–H groups in total. The fraction of sp³-hybridized carbons (Fsp3) is 0.471. The minimum absolute atomic E-state index is 0.0519. The van der Waals surface area contributed by atoms with Gasteiger partial charge < -0.3 is 15.0 Å². The molecule has 21 heavy (non-hydrogen) atoms. The van der Waals surface area contributed by atoms with Crippen LogP contribution in [-0.4, -0.2) is 23.7 Å². The summed E-state index contributed by atoms with van der Waals surface area (Å²) in [4.78, 5) is 14.4. The van der Waals surface area contributed by atoms with Crippen LogP contribution in [0, 0.1) is 0 Å². The Balaban J connectivity index is 1.74. The van der Waals surface area contributed by atoms with Crippen molar-refractivity contribution in [1.29, 1.82) is 0 Å². The Kier molecular flexibility index (Phi) is 4.25. The minimum Gasteiger partial charge on any atom is -0.490 e. The van der Waals surface area contributed by atoms with Crippen molar-refractivity contribution in [2.75, 3.05) is 6.54 Å². The van der Waals surface area contributed by atoms with Crippen molar-refractivity contribution >= 4 is 10.8 Å². The number of nitrogens with one attached hydrogen (secondary N) is 2. The van der Waals surface area contributed by atoms with Crippen LogP contribution in [0.25, 0.3) is 10.8 Å². The second-order valence-corrected chi connectivity index (χ2v) is 5.72. The zero-order chi connectivity index (χ0) is 14.7. The van der Waals surface area contributed by atoms with Crippen molar-refractivity contribution in [3.8, 4) is 5.75 Å². The molecule has 1 heterocycles. The Hall–Kier alpha value is -1.81. The first-order valence-corrected chi connectivity index (χ1v) is 7.77. The van der Waals surface area contributed by atoms with Gasteiger partial charge in [-0.05, 0) is 61.9 Å². The summed E-state index contributed by atoms with van der Waals surface area (Å²) in [6.07, 6.45) is 6.55. The molecule has 4 nitrogen and oxygen atoms in total. The van der Waals surface area contributed by atoms with Gasteiger partial charge in [-0.25, -0.2) is 0 Å². The molecule has 0 spiro atoms. The van der Waals surface area contributed by atoms with E-state index in [1.54, 1.807) is 6.20 Å². The number of benzene rings is 1. The van der Waals surface area contributed by atoms with Gasteiger partial charge in [0.25, 0.3) is 5.56 Å². The van der Waals surface area contributed by atoms with Crippen LogP contribution in [0.2, 0.25) is 0 Å². The third kappa shape index (κ3) is 3.27. The monoisotopic (exact) mass is 286 g/mol. The van der Waals surface area contributed by atoms with Crippen molar-refractivity contribution in [2.24, 2.45) is 0 Å². The highest BCUT2D eigenvalue weighted by Gasteiger charge is 2.22. The molecule has 3 rings (SSSR count). The molecule has 2 atom stereocenters. The number of H-pyrrole nitrogens is 1. The number of hydrogen-bond acceptors (Lipinski definition) is 3. The molecule has 0 saturated heterocycles. The number of pyridine rings is 1. The van der Waals surface area contributed by atoms with E-state index in [9.17, 15) is 4.79 Å². The molecule has 1 aliphatic carbocycles. The predicted octanol–water partition coefficient (Wildman–Crippen LogP) is 2.83. The van der Waals surface area contributed by atoms with Crippen LogP contribution in [0.1, 0.15) is 32.6 Å². The number of aromatic amines is 1. The molecule has 112 valence electrons. The van der Waals surface area contributed by atoms with Crippen LogP contribution < -0.4 is 15.6 Å². The molecule has 1 aromatic heterocycles. The Labute approximate surface area is 124 Å². The fourth-order valence-electron chi connectivity index (χ4n) is 3.16. The first-order valence-electron chi connectivity index (χ1n) is 7.77. The summed E-state index contributed by atoms with van der Waals surface area (Å²) in [6, 6.07) is 8.17. The van der Waals surface area contributed by atoms with Gasteiger partial charge >= 0.3 is 0 Å². The zero-order valence-corrected chi connectivity index (χ0v) is 12.4. The Morgan fingerprint density at radius 1 is 1.33 bits per heavy atom. The van der Waals surface area contributed by atoms with Crippen LogP contribution >= 0.6 is 0 Å². The molecule has 4 heteroatoms. The van der Waals surface area contributed by atoms with E-state index in [2.05, 4.69) is 17.2 Å². The summed E-state index contributed by atoms with van der Waals surface area (Å²) in [7, 11) is 0. The summed E-state index contributed by atoms with van der Waals surface area (Å²) < 4.78 is 6.13. The summed E-state index contributed by atoms with van der Waals surface area (Å²) in [5.41, 5.74) is -0.0519. The molecular weight excluding hydrogens is 264 g/mol. The average Bonchev–Trinajstić information content (AvgIpc) is 2.48. The topological polar surface area (TPSA) is 54.1 Å². The highest BCUT2D eigenvalue weighted by Crippen LogP contribution is 2.25. The van der Waals surface area contributed by atoms with Gasteiger partial charge in [-0.15, -0.1) is 0 Å². The Bertz CT molecular complexity index is 663. The first kappa shape index (κ1) is 14.1. The van der Waals surface area contributed by atoms with E-state index in [1.807, 2.05) is 24.3 Å². The van der Waals surface area contributed by atoms with Crippen molar-refractivity contribution in [3.05, 3.63) is 40.8 Å². The van der Waals surface area contributed by atoms with E-state index in [0.29, 0.717) is 11.4 Å². The molecular formula is C17H22N2O2. The van der Waals surface area contributed by atoms with Crippen molar-refractivity contribution < 1.29 is 4.74 Å². The predicted molar refractivity (Wildman–Crippen MR) is 84.9 cm³/mol. The van der Waals surface area contributed by atoms with E-state index in [-0.39, 0.29) is 11.7 Å². The third-order valence-corrected chi connectivity index (χ3v) is 4.17. The lowest BCUT2D eigenvalue weighted by Gasteiger charge is -2.30. The molecule has 1 aromatic carbocycles. The van der Waals surface area contributed by atoms with Gasteiger partial charge in [0.2, 0.25) is 0 Å². The van der Waals surface area contributed by atoms with E-state index >= 15 is 0 Å². The minimum atomic E-state index is -0.0519. The van der Waals surface area contributed by atoms with Crippen LogP contribution in [0.4, 0.5) is 0 Å². The Morgan fingerprint density at radius 3 is 3.10 bits per heavy atom. The molecule has 1 saturated carbocycles. The highest BCUT2D eigenvalue weighted by atomic mass is 16.5. The van der Waals surface area contributed by atoms with Gasteiger partial charge in [-0.2, -0.15) is 0 Å². The third-order valence-electron chi connectivity index (χ3n) is 4.17. The van der Waals surface area contributed by atoms with Crippen LogP contribution in [0.5, 0.6) is 5.75 Å². The van der Waals surface area contributed by atoms with Gasteiger partial charge in [0, 0.05) is 17.6 Å². The maximum Gasteiger partial charge on any atom is 0.255 e. The summed E-state index contributed by atoms with van der Waals surface area (Å²) in [5, 5.41) is 5.15. The standard InChI is InChI=1S/C17H22N2O2/c1-2-18-13-4-3-5-14(11-13)21-15-6-7-16-12(10-15)8-9-19-17(16)20/h6-10,13-14,18H,2-5,11H2,1H3,(H,19,20)/t13-,14-/m0/s1. The van der Waals surface area contributed by atoms with E-state index in [0.717, 1.165) is 30.5 Å². The second-order valence-electron chi connectivity index (χ2n) is 5.72. The Morgan fingerprint density at radius 2 is 2.24 bits per heavy atom. The quantitative estimate of drug-likeness (QED) is 0.908. The van der Waals surface area contributed by atoms with Crippen LogP contribution in [0.3, 0.4) is 0 Å². The van der Waals surface area contributed by atoms with Crippen LogP contribution in [-0.2, 0) is 0 Å². The molecule has 2 aromatic rings. The molecule has 0 radical (unpaired) electrons. The van der Waals surface area contributed by atoms with Gasteiger partial charge in [-0.3, -0.25) is 4.79 Å². The van der Waals surface area contributed by atoms with Gasteiger partial charge in [0.1, 0.15) is 11.9 Å². The summed E-state index contributed by atoms with van der Waals surface area (Å²) >= 11 is 0. The smallest absolute Gasteiger partial charge is 0.255 e. The van der Waals surface area contributed by atoms with Crippen molar-refractivity contribution in [2.45, 2.75) is 44.8 Å². The average molecular weight is 286 g/mol. The lowest BCUT2D eigenvalue weighted by atomic mass is 9.93. The lowest BCUT2D eigenvalue weighted by molar-refractivity contribution is 0.135. The second kappa shape index (κ2) is 6.31. The molecule has 0 unspecified atom stereocenters. The number of fused-ring (bicyclic) bond motifs is 1. The normalized spacial score (nSPS) is 22.3. The van der Waals surface area contributed by atoms with Gasteiger partial charge in [0.15, 0.2) is 0 Å². The summed E-state index contributed by atoms with van der Waals surface area (Å²) in [6.45, 7) is 3.15. The van der Waals surface area contributed by atoms with Crippen molar-refractivity contribution in [3.63, 3.8) is 0 Å². The number of aromatic nitrogens is 1. The molecule has 1 aliphatic rings. The van der Waals surface area contributed by atoms with E-state index in [4.69, 9.17) is 4.74 Å². The van der Waals surface area contributed by atoms with Crippen LogP contribution in [0.15, 0.2) is 35.3 Å². The molecule has 1 fully saturated rings. The number of rotatable bonds is 4. The number of ether oxygens (including phenoxy) is 1. The fourth-order valence-corrected chi connectivity index (χ4v) is 3.16. The first-order chi connectivity index (χ1) is 10.3. The lowest BCUT2D eigenvalue weighted by Crippen LogP contribution is -2.37. The van der Waals surface area contributed by atoms with E-state index < -0.39 is 0 Å². The largest absolute Gasteiger partial charge is 0.490 e. The van der Waals surface area contributed by atoms with Crippen molar-refractivity contribution in [1.82, 2.24) is 10.3 Å². The molecule has 0 aliphatic heterocycles.